The van der Waals surface area contributed by atoms with Crippen LogP contribution in [0.4, 0.5) is 5.69 Å². The number of allylic oxidation sites excluding steroid dienone is 3. The van der Waals surface area contributed by atoms with Gasteiger partial charge in [-0.05, 0) is 36.4 Å². The molecule has 1 aromatic heterocycles. The van der Waals surface area contributed by atoms with Gasteiger partial charge in [0, 0.05) is 10.5 Å². The van der Waals surface area contributed by atoms with E-state index in [2.05, 4.69) is 25.9 Å². The number of nitro benzene ring substituents is 1. The van der Waals surface area contributed by atoms with Gasteiger partial charge >= 0.3 is 0 Å². The lowest BCUT2D eigenvalue weighted by Crippen LogP contribution is -2.11. The van der Waals surface area contributed by atoms with E-state index in [0.29, 0.717) is 16.5 Å². The van der Waals surface area contributed by atoms with Crippen molar-refractivity contribution >= 4 is 44.2 Å². The average Bonchev–Trinajstić information content (AvgIpc) is 2.66. The lowest BCUT2D eigenvalue weighted by Gasteiger charge is -2.02. The first kappa shape index (κ1) is 18.2. The maximum atomic E-state index is 12.2. The number of benzene rings is 2. The lowest BCUT2D eigenvalue weighted by molar-refractivity contribution is -0.385. The molecule has 0 saturated heterocycles. The number of H-pyrrole nitrogens is 1. The predicted octanol–water partition coefficient (Wildman–Crippen LogP) is 4.21. The number of nitrogens with one attached hydrogen (secondary N) is 1. The van der Waals surface area contributed by atoms with E-state index in [1.807, 2.05) is 6.07 Å². The molecular formula is C19H11BrN4O3. The molecule has 7 nitrogen and oxygen atoms in total. The van der Waals surface area contributed by atoms with E-state index in [-0.39, 0.29) is 22.6 Å². The number of hydrogen-bond acceptors (Lipinski definition) is 5. The van der Waals surface area contributed by atoms with Crippen LogP contribution in [-0.4, -0.2) is 14.9 Å². The Labute approximate surface area is 161 Å². The van der Waals surface area contributed by atoms with Crippen LogP contribution in [0.1, 0.15) is 11.4 Å². The van der Waals surface area contributed by atoms with E-state index in [1.165, 1.54) is 24.3 Å². The van der Waals surface area contributed by atoms with Crippen molar-refractivity contribution in [2.24, 2.45) is 0 Å². The van der Waals surface area contributed by atoms with Gasteiger partial charge in [-0.3, -0.25) is 14.9 Å². The molecule has 0 amide bonds. The fraction of sp³-hybridized carbons (Fsp3) is 0. The van der Waals surface area contributed by atoms with Gasteiger partial charge in [0.1, 0.15) is 6.07 Å². The highest BCUT2D eigenvalue weighted by Crippen LogP contribution is 2.20. The summed E-state index contributed by atoms with van der Waals surface area (Å²) in [6.45, 7) is 0. The molecule has 2 aromatic carbocycles. The molecular weight excluding hydrogens is 412 g/mol. The first-order valence-corrected chi connectivity index (χ1v) is 8.51. The summed E-state index contributed by atoms with van der Waals surface area (Å²) in [6, 6.07) is 13.3. The topological polar surface area (TPSA) is 113 Å². The van der Waals surface area contributed by atoms with Crippen molar-refractivity contribution in [1.82, 2.24) is 9.97 Å². The second kappa shape index (κ2) is 7.76. The molecule has 0 bridgehead atoms. The van der Waals surface area contributed by atoms with Gasteiger partial charge in [0.25, 0.3) is 11.2 Å². The zero-order valence-corrected chi connectivity index (χ0v) is 15.3. The smallest absolute Gasteiger partial charge is 0.276 e. The summed E-state index contributed by atoms with van der Waals surface area (Å²) in [6.07, 6.45) is 4.47. The first-order valence-electron chi connectivity index (χ1n) is 7.71. The summed E-state index contributed by atoms with van der Waals surface area (Å²) < 4.78 is 0.749. The number of nitrogens with zero attached hydrogens (tertiary/aromatic N) is 3. The van der Waals surface area contributed by atoms with Crippen LogP contribution in [0.5, 0.6) is 0 Å². The van der Waals surface area contributed by atoms with Gasteiger partial charge in [0.15, 0.2) is 5.82 Å². The zero-order valence-electron chi connectivity index (χ0n) is 13.7. The second-order valence-electron chi connectivity index (χ2n) is 5.44. The fourth-order valence-electron chi connectivity index (χ4n) is 2.45. The molecule has 0 unspecified atom stereocenters. The Balaban J connectivity index is 2.00. The Morgan fingerprint density at radius 2 is 2.07 bits per heavy atom. The summed E-state index contributed by atoms with van der Waals surface area (Å²) in [4.78, 5) is 29.7. The van der Waals surface area contributed by atoms with Crippen LogP contribution in [0.3, 0.4) is 0 Å². The largest absolute Gasteiger partial charge is 0.305 e. The zero-order chi connectivity index (χ0) is 19.4. The minimum absolute atomic E-state index is 0.0385. The Hall–Kier alpha value is -3.57. The Kier molecular flexibility index (Phi) is 5.24. The van der Waals surface area contributed by atoms with Crippen LogP contribution in [0.25, 0.3) is 22.6 Å². The molecule has 1 N–H and O–H groups in total. The minimum atomic E-state index is -0.477. The predicted molar refractivity (Wildman–Crippen MR) is 106 cm³/mol. The molecule has 0 aliphatic heterocycles. The van der Waals surface area contributed by atoms with Crippen molar-refractivity contribution in [3.8, 4) is 6.07 Å². The van der Waals surface area contributed by atoms with Crippen molar-refractivity contribution in [2.75, 3.05) is 0 Å². The van der Waals surface area contributed by atoms with Crippen LogP contribution in [-0.2, 0) is 0 Å². The van der Waals surface area contributed by atoms with Crippen LogP contribution < -0.4 is 5.56 Å². The van der Waals surface area contributed by atoms with Crippen LogP contribution in [0.2, 0.25) is 0 Å². The van der Waals surface area contributed by atoms with E-state index in [4.69, 9.17) is 0 Å². The number of aromatic amines is 1. The van der Waals surface area contributed by atoms with Gasteiger partial charge < -0.3 is 4.98 Å². The molecule has 27 heavy (non-hydrogen) atoms. The highest BCUT2D eigenvalue weighted by Gasteiger charge is 2.10. The number of halogens is 1. The summed E-state index contributed by atoms with van der Waals surface area (Å²) in [5.74, 6) is 0.129. The molecule has 0 aliphatic carbocycles. The molecule has 3 aromatic rings. The summed E-state index contributed by atoms with van der Waals surface area (Å²) >= 11 is 3.30. The molecule has 0 fully saturated rings. The number of para-hydroxylation sites is 1. The third-order valence-electron chi connectivity index (χ3n) is 3.72. The van der Waals surface area contributed by atoms with E-state index in [0.717, 1.165) is 4.47 Å². The van der Waals surface area contributed by atoms with Crippen molar-refractivity contribution in [1.29, 1.82) is 5.26 Å². The first-order chi connectivity index (χ1) is 13.0. The van der Waals surface area contributed by atoms with Crippen molar-refractivity contribution in [3.05, 3.63) is 90.9 Å². The second-order valence-corrected chi connectivity index (χ2v) is 6.36. The van der Waals surface area contributed by atoms with Crippen molar-refractivity contribution in [2.45, 2.75) is 0 Å². The van der Waals surface area contributed by atoms with Gasteiger partial charge in [0.05, 0.1) is 27.0 Å². The van der Waals surface area contributed by atoms with E-state index < -0.39 is 4.92 Å². The molecule has 0 spiro atoms. The fourth-order valence-corrected chi connectivity index (χ4v) is 2.81. The molecule has 8 heteroatoms. The van der Waals surface area contributed by atoms with Gasteiger partial charge in [-0.2, -0.15) is 5.26 Å². The van der Waals surface area contributed by atoms with Crippen LogP contribution >= 0.6 is 15.9 Å². The number of hydrogen-bond donors (Lipinski definition) is 1. The maximum Gasteiger partial charge on any atom is 0.276 e. The number of nitriles is 1. The molecule has 1 heterocycles. The lowest BCUT2D eigenvalue weighted by atomic mass is 10.1. The number of aromatic nitrogens is 2. The summed E-state index contributed by atoms with van der Waals surface area (Å²) in [7, 11) is 0. The standard InChI is InChI=1S/C19H11BrN4O3/c20-14-8-9-16-15(10-14)19(25)23-18(22-16)13(11-21)6-3-5-12-4-1-2-7-17(12)24(26)27/h1-10H,(H,22,23,25)/b5-3+,13-6+. The minimum Gasteiger partial charge on any atom is -0.305 e. The molecule has 3 rings (SSSR count). The molecule has 132 valence electrons. The highest BCUT2D eigenvalue weighted by molar-refractivity contribution is 9.10. The Morgan fingerprint density at radius 3 is 2.81 bits per heavy atom. The normalized spacial score (nSPS) is 11.6. The summed E-state index contributed by atoms with van der Waals surface area (Å²) in [5.41, 5.74) is 0.594. The van der Waals surface area contributed by atoms with Gasteiger partial charge in [0.2, 0.25) is 0 Å². The highest BCUT2D eigenvalue weighted by atomic mass is 79.9. The molecule has 0 radical (unpaired) electrons. The van der Waals surface area contributed by atoms with Crippen LogP contribution in [0.15, 0.2) is 63.9 Å². The average molecular weight is 423 g/mol. The summed E-state index contributed by atoms with van der Waals surface area (Å²) in [5, 5.41) is 20.8. The van der Waals surface area contributed by atoms with Gasteiger partial charge in [-0.25, -0.2) is 4.98 Å². The molecule has 0 atom stereocenters. The number of fused-ring (bicyclic) bond motifs is 1. The Bertz CT molecular complexity index is 1210. The number of nitro groups is 1. The van der Waals surface area contributed by atoms with Crippen molar-refractivity contribution in [3.63, 3.8) is 0 Å². The molecule has 0 aliphatic rings. The SMILES string of the molecule is N#C/C(=C\C=C\c1ccccc1[N+](=O)[O-])c1nc2ccc(Br)cc2c(=O)[nH]1. The van der Waals surface area contributed by atoms with Crippen LogP contribution in [0, 0.1) is 21.4 Å². The van der Waals surface area contributed by atoms with Gasteiger partial charge in [-0.1, -0.05) is 34.1 Å². The van der Waals surface area contributed by atoms with Gasteiger partial charge in [-0.15, -0.1) is 0 Å². The Morgan fingerprint density at radius 1 is 1.30 bits per heavy atom. The quantitative estimate of drug-likeness (QED) is 0.292. The van der Waals surface area contributed by atoms with Crippen molar-refractivity contribution < 1.29 is 4.92 Å². The third-order valence-corrected chi connectivity index (χ3v) is 4.21. The van der Waals surface area contributed by atoms with E-state index >= 15 is 0 Å². The third kappa shape index (κ3) is 3.99. The molecule has 0 saturated carbocycles. The number of rotatable bonds is 4. The van der Waals surface area contributed by atoms with E-state index in [1.54, 1.807) is 36.4 Å². The monoisotopic (exact) mass is 422 g/mol. The maximum absolute atomic E-state index is 12.2. The van der Waals surface area contributed by atoms with E-state index in [9.17, 15) is 20.2 Å².